The van der Waals surface area contributed by atoms with Crippen LogP contribution in [0.25, 0.3) is 0 Å². The number of nitrogens with zero attached hydrogens (tertiary/aromatic N) is 1. The molecule has 2 aliphatic rings. The zero-order valence-corrected chi connectivity index (χ0v) is 15.0. The quantitative estimate of drug-likeness (QED) is 0.818. The molecular formula is C20H26N2O4. The fraction of sp³-hybridized carbons (Fsp3) is 0.550. The molecule has 6 nitrogen and oxygen atoms in total. The first-order valence-corrected chi connectivity index (χ1v) is 9.43. The molecule has 2 atom stereocenters. The smallest absolute Gasteiger partial charge is 0.325 e. The normalized spacial score (nSPS) is 22.2. The van der Waals surface area contributed by atoms with E-state index in [2.05, 4.69) is 5.32 Å². The number of carbonyl (C=O) groups excluding carboxylic acids is 3. The summed E-state index contributed by atoms with van der Waals surface area (Å²) in [4.78, 5) is 38.1. The maximum Gasteiger partial charge on any atom is 0.325 e. The Morgan fingerprint density at radius 3 is 2.58 bits per heavy atom. The lowest BCUT2D eigenvalue weighted by Crippen LogP contribution is -2.51. The lowest BCUT2D eigenvalue weighted by molar-refractivity contribution is -0.154. The van der Waals surface area contributed by atoms with Crippen LogP contribution in [0.2, 0.25) is 0 Å². The predicted molar refractivity (Wildman–Crippen MR) is 96.4 cm³/mol. The van der Waals surface area contributed by atoms with Crippen molar-refractivity contribution in [2.75, 3.05) is 19.7 Å². The first kappa shape index (κ1) is 18.4. The summed E-state index contributed by atoms with van der Waals surface area (Å²) in [6.07, 6.45) is 6.88. The SMILES string of the molecule is O=C(CNC(=O)c1ccccc1)OCC(=O)N1CCC[C@@H]2CCCC[C@@H]21. The third kappa shape index (κ3) is 4.62. The van der Waals surface area contributed by atoms with Crippen LogP contribution in [-0.2, 0) is 14.3 Å². The van der Waals surface area contributed by atoms with Crippen LogP contribution in [0.15, 0.2) is 30.3 Å². The number of carbonyl (C=O) groups is 3. The second-order valence-electron chi connectivity index (χ2n) is 7.05. The van der Waals surface area contributed by atoms with Gasteiger partial charge < -0.3 is 15.0 Å². The van der Waals surface area contributed by atoms with Gasteiger partial charge in [0.2, 0.25) is 0 Å². The number of fused-ring (bicyclic) bond motifs is 1. The molecule has 140 valence electrons. The van der Waals surface area contributed by atoms with E-state index in [0.717, 1.165) is 25.8 Å². The fourth-order valence-electron chi connectivity index (χ4n) is 4.05. The maximum atomic E-state index is 12.5. The van der Waals surface area contributed by atoms with E-state index in [9.17, 15) is 14.4 Å². The van der Waals surface area contributed by atoms with Crippen LogP contribution in [0.1, 0.15) is 48.9 Å². The van der Waals surface area contributed by atoms with Gasteiger partial charge in [0.05, 0.1) is 0 Å². The summed E-state index contributed by atoms with van der Waals surface area (Å²) in [7, 11) is 0. The van der Waals surface area contributed by atoms with Crippen molar-refractivity contribution in [3.8, 4) is 0 Å². The second kappa shape index (κ2) is 8.83. The van der Waals surface area contributed by atoms with Crippen LogP contribution in [0, 0.1) is 5.92 Å². The minimum Gasteiger partial charge on any atom is -0.454 e. The molecule has 0 spiro atoms. The highest BCUT2D eigenvalue weighted by Crippen LogP contribution is 2.35. The third-order valence-corrected chi connectivity index (χ3v) is 5.35. The van der Waals surface area contributed by atoms with E-state index in [1.54, 1.807) is 24.3 Å². The van der Waals surface area contributed by atoms with E-state index < -0.39 is 5.97 Å². The second-order valence-corrected chi connectivity index (χ2v) is 7.05. The van der Waals surface area contributed by atoms with Crippen LogP contribution in [0.3, 0.4) is 0 Å². The van der Waals surface area contributed by atoms with Gasteiger partial charge in [-0.05, 0) is 43.7 Å². The average molecular weight is 358 g/mol. The van der Waals surface area contributed by atoms with Crippen molar-refractivity contribution in [1.29, 1.82) is 0 Å². The molecule has 1 aromatic rings. The number of nitrogens with one attached hydrogen (secondary N) is 1. The first-order chi connectivity index (χ1) is 12.6. The summed E-state index contributed by atoms with van der Waals surface area (Å²) in [5, 5.41) is 2.51. The largest absolute Gasteiger partial charge is 0.454 e. The van der Waals surface area contributed by atoms with Crippen molar-refractivity contribution in [3.05, 3.63) is 35.9 Å². The number of benzene rings is 1. The van der Waals surface area contributed by atoms with Crippen LogP contribution < -0.4 is 5.32 Å². The van der Waals surface area contributed by atoms with Crippen LogP contribution in [-0.4, -0.2) is 48.4 Å². The fourth-order valence-corrected chi connectivity index (χ4v) is 4.05. The highest BCUT2D eigenvalue weighted by atomic mass is 16.5. The molecule has 3 rings (SSSR count). The van der Waals surface area contributed by atoms with Gasteiger partial charge in [-0.15, -0.1) is 0 Å². The molecule has 1 saturated heterocycles. The number of rotatable bonds is 5. The molecule has 26 heavy (non-hydrogen) atoms. The number of hydrogen-bond donors (Lipinski definition) is 1. The summed E-state index contributed by atoms with van der Waals surface area (Å²) in [6, 6.07) is 8.96. The Morgan fingerprint density at radius 1 is 1.04 bits per heavy atom. The number of esters is 1. The van der Waals surface area contributed by atoms with Crippen molar-refractivity contribution < 1.29 is 19.1 Å². The molecule has 0 aromatic heterocycles. The molecule has 0 radical (unpaired) electrons. The van der Waals surface area contributed by atoms with Crippen LogP contribution in [0.4, 0.5) is 0 Å². The number of likely N-dealkylation sites (tertiary alicyclic amines) is 1. The monoisotopic (exact) mass is 358 g/mol. The lowest BCUT2D eigenvalue weighted by Gasteiger charge is -2.44. The molecule has 6 heteroatoms. The van der Waals surface area contributed by atoms with Crippen LogP contribution >= 0.6 is 0 Å². The Kier molecular flexibility index (Phi) is 6.26. The van der Waals surface area contributed by atoms with Gasteiger partial charge in [0, 0.05) is 18.2 Å². The Hall–Kier alpha value is -2.37. The molecule has 1 saturated carbocycles. The minimum absolute atomic E-state index is 0.121. The molecule has 1 heterocycles. The molecule has 2 fully saturated rings. The Morgan fingerprint density at radius 2 is 1.77 bits per heavy atom. The lowest BCUT2D eigenvalue weighted by atomic mass is 9.78. The van der Waals surface area contributed by atoms with Gasteiger partial charge in [0.25, 0.3) is 11.8 Å². The van der Waals surface area contributed by atoms with Gasteiger partial charge in [-0.2, -0.15) is 0 Å². The summed E-state index contributed by atoms with van der Waals surface area (Å²) in [5.74, 6) is -0.457. The molecule has 0 unspecified atom stereocenters. The van der Waals surface area contributed by atoms with Gasteiger partial charge >= 0.3 is 5.97 Å². The van der Waals surface area contributed by atoms with E-state index in [1.807, 2.05) is 11.0 Å². The van der Waals surface area contributed by atoms with Crippen molar-refractivity contribution in [2.24, 2.45) is 5.92 Å². The van der Waals surface area contributed by atoms with E-state index in [1.165, 1.54) is 19.3 Å². The van der Waals surface area contributed by atoms with Gasteiger partial charge in [0.1, 0.15) is 6.54 Å². The zero-order valence-electron chi connectivity index (χ0n) is 15.0. The Labute approximate surface area is 153 Å². The standard InChI is InChI=1S/C20H26N2O4/c23-18(22-12-6-10-15-7-4-5-11-17(15)22)14-26-19(24)13-21-20(25)16-8-2-1-3-9-16/h1-3,8-9,15,17H,4-7,10-14H2,(H,21,25)/t15-,17-/m0/s1. The van der Waals surface area contributed by atoms with Crippen molar-refractivity contribution >= 4 is 17.8 Å². The first-order valence-electron chi connectivity index (χ1n) is 9.43. The zero-order chi connectivity index (χ0) is 18.4. The van der Waals surface area contributed by atoms with Gasteiger partial charge in [0.15, 0.2) is 6.61 Å². The van der Waals surface area contributed by atoms with E-state index in [-0.39, 0.29) is 25.0 Å². The number of ether oxygens (including phenoxy) is 1. The van der Waals surface area contributed by atoms with E-state index in [0.29, 0.717) is 17.5 Å². The topological polar surface area (TPSA) is 75.7 Å². The van der Waals surface area contributed by atoms with Crippen molar-refractivity contribution in [1.82, 2.24) is 10.2 Å². The number of hydrogen-bond acceptors (Lipinski definition) is 4. The summed E-state index contributed by atoms with van der Waals surface area (Å²) < 4.78 is 5.08. The molecule has 2 amide bonds. The van der Waals surface area contributed by atoms with Gasteiger partial charge in [-0.3, -0.25) is 14.4 Å². The minimum atomic E-state index is -0.597. The number of amides is 2. The van der Waals surface area contributed by atoms with Crippen molar-refractivity contribution in [3.63, 3.8) is 0 Å². The summed E-state index contributed by atoms with van der Waals surface area (Å²) in [5.41, 5.74) is 0.480. The maximum absolute atomic E-state index is 12.5. The van der Waals surface area contributed by atoms with Gasteiger partial charge in [-0.25, -0.2) is 0 Å². The predicted octanol–water partition coefficient (Wildman–Crippen LogP) is 2.14. The molecule has 1 aromatic carbocycles. The van der Waals surface area contributed by atoms with Crippen LogP contribution in [0.5, 0.6) is 0 Å². The Balaban J connectivity index is 1.42. The Bertz CT molecular complexity index is 644. The van der Waals surface area contributed by atoms with E-state index >= 15 is 0 Å². The number of piperidine rings is 1. The molecule has 0 bridgehead atoms. The highest BCUT2D eigenvalue weighted by Gasteiger charge is 2.35. The molecule has 1 aliphatic carbocycles. The van der Waals surface area contributed by atoms with Crippen molar-refractivity contribution in [2.45, 2.75) is 44.6 Å². The molecule has 1 N–H and O–H groups in total. The van der Waals surface area contributed by atoms with E-state index in [4.69, 9.17) is 4.74 Å². The summed E-state index contributed by atoms with van der Waals surface area (Å²) >= 11 is 0. The van der Waals surface area contributed by atoms with Gasteiger partial charge in [-0.1, -0.05) is 31.0 Å². The molecular weight excluding hydrogens is 332 g/mol. The summed E-state index contributed by atoms with van der Waals surface area (Å²) in [6.45, 7) is 0.263. The average Bonchev–Trinajstić information content (AvgIpc) is 2.70. The third-order valence-electron chi connectivity index (χ3n) is 5.35. The molecule has 1 aliphatic heterocycles. The highest BCUT2D eigenvalue weighted by molar-refractivity contribution is 5.96.